The Morgan fingerprint density at radius 3 is 2.48 bits per heavy atom. The van der Waals surface area contributed by atoms with Gasteiger partial charge in [-0.2, -0.15) is 0 Å². The molecule has 6 nitrogen and oxygen atoms in total. The number of likely N-dealkylation sites (N-methyl/N-ethyl adjacent to an activating group) is 1. The van der Waals surface area contributed by atoms with Gasteiger partial charge in [-0.1, -0.05) is 26.7 Å². The highest BCUT2D eigenvalue weighted by Gasteiger charge is 2.32. The first-order chi connectivity index (χ1) is 9.82. The van der Waals surface area contributed by atoms with Crippen LogP contribution in [0.3, 0.4) is 0 Å². The Labute approximate surface area is 127 Å². The van der Waals surface area contributed by atoms with Crippen molar-refractivity contribution < 1.29 is 14.7 Å². The number of nitrogens with one attached hydrogen (secondary N) is 1. The minimum atomic E-state index is -0.902. The summed E-state index contributed by atoms with van der Waals surface area (Å²) in [4.78, 5) is 27.4. The molecule has 2 atom stereocenters. The normalized spacial score (nSPS) is 21.2. The van der Waals surface area contributed by atoms with E-state index in [1.165, 1.54) is 4.90 Å². The average molecular weight is 299 g/mol. The summed E-state index contributed by atoms with van der Waals surface area (Å²) in [6, 6.07) is -0.922. The third kappa shape index (κ3) is 5.53. The summed E-state index contributed by atoms with van der Waals surface area (Å²) in [5.41, 5.74) is 0. The van der Waals surface area contributed by atoms with Crippen LogP contribution in [0.4, 0.5) is 4.79 Å². The molecule has 122 valence electrons. The van der Waals surface area contributed by atoms with E-state index in [0.717, 1.165) is 25.8 Å². The van der Waals surface area contributed by atoms with Gasteiger partial charge >= 0.3 is 12.0 Å². The molecular weight excluding hydrogens is 270 g/mol. The van der Waals surface area contributed by atoms with E-state index in [1.807, 2.05) is 19.0 Å². The summed E-state index contributed by atoms with van der Waals surface area (Å²) in [5, 5.41) is 12.4. The molecule has 1 heterocycles. The average Bonchev–Trinajstić information content (AvgIpc) is 2.62. The SMILES string of the molecule is CC(C)C(CN(C)C)NC(=O)N1CCCCCC1C(=O)O. The van der Waals surface area contributed by atoms with Crippen molar-refractivity contribution in [3.63, 3.8) is 0 Å². The summed E-state index contributed by atoms with van der Waals surface area (Å²) in [6.07, 6.45) is 3.27. The summed E-state index contributed by atoms with van der Waals surface area (Å²) in [7, 11) is 3.93. The predicted molar refractivity (Wildman–Crippen MR) is 82.3 cm³/mol. The van der Waals surface area contributed by atoms with Crippen LogP contribution in [0.5, 0.6) is 0 Å². The van der Waals surface area contributed by atoms with Crippen LogP contribution in [0.25, 0.3) is 0 Å². The Morgan fingerprint density at radius 2 is 1.95 bits per heavy atom. The number of hydrogen-bond acceptors (Lipinski definition) is 3. The summed E-state index contributed by atoms with van der Waals surface area (Å²) in [5.74, 6) is -0.604. The fourth-order valence-electron chi connectivity index (χ4n) is 2.67. The molecule has 6 heteroatoms. The van der Waals surface area contributed by atoms with Gasteiger partial charge < -0.3 is 20.2 Å². The maximum absolute atomic E-state index is 12.5. The quantitative estimate of drug-likeness (QED) is 0.809. The number of carbonyl (C=O) groups excluding carboxylic acids is 1. The first-order valence-electron chi connectivity index (χ1n) is 7.77. The first-order valence-corrected chi connectivity index (χ1v) is 7.77. The van der Waals surface area contributed by atoms with Gasteiger partial charge in [-0.25, -0.2) is 9.59 Å². The Hall–Kier alpha value is -1.30. The van der Waals surface area contributed by atoms with Gasteiger partial charge in [0.05, 0.1) is 0 Å². The van der Waals surface area contributed by atoms with E-state index in [9.17, 15) is 14.7 Å². The van der Waals surface area contributed by atoms with E-state index in [2.05, 4.69) is 19.2 Å². The van der Waals surface area contributed by atoms with Crippen molar-refractivity contribution in [2.45, 2.75) is 51.6 Å². The zero-order chi connectivity index (χ0) is 16.0. The number of rotatable bonds is 5. The van der Waals surface area contributed by atoms with Crippen molar-refractivity contribution >= 4 is 12.0 Å². The largest absolute Gasteiger partial charge is 0.480 e. The number of carboxylic acids is 1. The molecule has 0 saturated carbocycles. The fourth-order valence-corrected chi connectivity index (χ4v) is 2.67. The van der Waals surface area contributed by atoms with E-state index in [1.54, 1.807) is 0 Å². The highest BCUT2D eigenvalue weighted by atomic mass is 16.4. The lowest BCUT2D eigenvalue weighted by Crippen LogP contribution is -2.54. The van der Waals surface area contributed by atoms with Crippen molar-refractivity contribution in [3.8, 4) is 0 Å². The summed E-state index contributed by atoms with van der Waals surface area (Å²) >= 11 is 0. The highest BCUT2D eigenvalue weighted by molar-refractivity contribution is 5.82. The number of aliphatic carboxylic acids is 1. The van der Waals surface area contributed by atoms with Gasteiger partial charge in [0.15, 0.2) is 0 Å². The number of carboxylic acid groups (broad SMARTS) is 1. The Kier molecular flexibility index (Phi) is 6.95. The van der Waals surface area contributed by atoms with Crippen molar-refractivity contribution in [3.05, 3.63) is 0 Å². The third-order valence-corrected chi connectivity index (χ3v) is 3.97. The lowest BCUT2D eigenvalue weighted by molar-refractivity contribution is -0.142. The van der Waals surface area contributed by atoms with E-state index in [-0.39, 0.29) is 12.1 Å². The molecule has 0 radical (unpaired) electrons. The molecule has 1 rings (SSSR count). The van der Waals surface area contributed by atoms with E-state index in [0.29, 0.717) is 18.9 Å². The molecule has 1 aliphatic rings. The third-order valence-electron chi connectivity index (χ3n) is 3.97. The van der Waals surface area contributed by atoms with Crippen molar-refractivity contribution in [2.75, 3.05) is 27.2 Å². The lowest BCUT2D eigenvalue weighted by atomic mass is 10.0. The lowest BCUT2D eigenvalue weighted by Gasteiger charge is -2.32. The monoisotopic (exact) mass is 299 g/mol. The molecule has 2 unspecified atom stereocenters. The van der Waals surface area contributed by atoms with Crippen LogP contribution >= 0.6 is 0 Å². The van der Waals surface area contributed by atoms with Gasteiger partial charge in [-0.05, 0) is 32.9 Å². The van der Waals surface area contributed by atoms with E-state index >= 15 is 0 Å². The zero-order valence-electron chi connectivity index (χ0n) is 13.6. The second kappa shape index (κ2) is 8.22. The topological polar surface area (TPSA) is 72.9 Å². The molecule has 0 spiro atoms. The molecule has 0 aliphatic carbocycles. The number of carbonyl (C=O) groups is 2. The molecule has 1 aliphatic heterocycles. The van der Waals surface area contributed by atoms with E-state index < -0.39 is 12.0 Å². The van der Waals surface area contributed by atoms with Crippen LogP contribution in [0.2, 0.25) is 0 Å². The number of urea groups is 1. The molecule has 21 heavy (non-hydrogen) atoms. The highest BCUT2D eigenvalue weighted by Crippen LogP contribution is 2.17. The van der Waals surface area contributed by atoms with Gasteiger partial charge in [-0.15, -0.1) is 0 Å². The number of likely N-dealkylation sites (tertiary alicyclic amines) is 1. The Bertz CT molecular complexity index is 358. The van der Waals surface area contributed by atoms with Gasteiger partial charge in [0.2, 0.25) is 0 Å². The molecular formula is C15H29N3O3. The van der Waals surface area contributed by atoms with Gasteiger partial charge in [-0.3, -0.25) is 0 Å². The maximum atomic E-state index is 12.5. The number of hydrogen-bond donors (Lipinski definition) is 2. The van der Waals surface area contributed by atoms with Crippen LogP contribution in [0, 0.1) is 5.92 Å². The van der Waals surface area contributed by atoms with Crippen LogP contribution in [-0.2, 0) is 4.79 Å². The van der Waals surface area contributed by atoms with Crippen LogP contribution in [0.15, 0.2) is 0 Å². The molecule has 2 amide bonds. The Morgan fingerprint density at radius 1 is 1.29 bits per heavy atom. The van der Waals surface area contributed by atoms with Crippen molar-refractivity contribution in [1.29, 1.82) is 0 Å². The smallest absolute Gasteiger partial charge is 0.326 e. The first kappa shape index (κ1) is 17.8. The van der Waals surface area contributed by atoms with Crippen LogP contribution < -0.4 is 5.32 Å². The summed E-state index contributed by atoms with van der Waals surface area (Å²) in [6.45, 7) is 5.39. The van der Waals surface area contributed by atoms with Crippen LogP contribution in [-0.4, -0.2) is 66.2 Å². The molecule has 0 aromatic heterocycles. The van der Waals surface area contributed by atoms with Gasteiger partial charge in [0.1, 0.15) is 6.04 Å². The number of amides is 2. The van der Waals surface area contributed by atoms with Gasteiger partial charge in [0.25, 0.3) is 0 Å². The fraction of sp³-hybridized carbons (Fsp3) is 0.867. The second-order valence-corrected chi connectivity index (χ2v) is 6.46. The maximum Gasteiger partial charge on any atom is 0.326 e. The van der Waals surface area contributed by atoms with E-state index in [4.69, 9.17) is 0 Å². The molecule has 0 aromatic carbocycles. The minimum Gasteiger partial charge on any atom is -0.480 e. The molecule has 2 N–H and O–H groups in total. The van der Waals surface area contributed by atoms with Crippen molar-refractivity contribution in [1.82, 2.24) is 15.1 Å². The molecule has 0 bridgehead atoms. The predicted octanol–water partition coefficient (Wildman–Crippen LogP) is 1.61. The Balaban J connectivity index is 2.75. The molecule has 1 saturated heterocycles. The molecule has 1 fully saturated rings. The standard InChI is InChI=1S/C15H29N3O3/c1-11(2)12(10-17(3)4)16-15(21)18-9-7-5-6-8-13(18)14(19)20/h11-13H,5-10H2,1-4H3,(H,16,21)(H,19,20). The molecule has 0 aromatic rings. The zero-order valence-corrected chi connectivity index (χ0v) is 13.6. The minimum absolute atomic E-state index is 0.0187. The van der Waals surface area contributed by atoms with Gasteiger partial charge in [0, 0.05) is 19.1 Å². The summed E-state index contributed by atoms with van der Waals surface area (Å²) < 4.78 is 0. The number of nitrogens with zero attached hydrogens (tertiary/aromatic N) is 2. The second-order valence-electron chi connectivity index (χ2n) is 6.46. The van der Waals surface area contributed by atoms with Crippen LogP contribution in [0.1, 0.15) is 39.5 Å². The van der Waals surface area contributed by atoms with Crippen molar-refractivity contribution in [2.24, 2.45) is 5.92 Å².